The molecule has 80 valence electrons. The van der Waals surface area contributed by atoms with Crippen molar-refractivity contribution in [2.24, 2.45) is 0 Å². The van der Waals surface area contributed by atoms with Gasteiger partial charge in [-0.2, -0.15) is 0 Å². The van der Waals surface area contributed by atoms with E-state index in [1.807, 2.05) is 19.1 Å². The molecule has 0 amide bonds. The summed E-state index contributed by atoms with van der Waals surface area (Å²) >= 11 is 0. The van der Waals surface area contributed by atoms with Crippen LogP contribution in [0.5, 0.6) is 5.75 Å². The number of quaternary nitrogens is 1. The van der Waals surface area contributed by atoms with E-state index >= 15 is 0 Å². The van der Waals surface area contributed by atoms with E-state index in [9.17, 15) is 5.11 Å². The predicted octanol–water partition coefficient (Wildman–Crippen LogP) is -0.709. The Balaban J connectivity index is 0.00000169. The number of aryl methyl sites for hydroxylation is 1. The molecule has 1 aromatic rings. The highest BCUT2D eigenvalue weighted by Gasteiger charge is 2.16. The van der Waals surface area contributed by atoms with Crippen molar-refractivity contribution >= 4 is 5.69 Å². The Morgan fingerprint density at radius 2 is 1.86 bits per heavy atom. The highest BCUT2D eigenvalue weighted by atomic mass is 79.9. The fourth-order valence-electron chi connectivity index (χ4n) is 1.16. The molecule has 0 saturated carbocycles. The highest BCUT2D eigenvalue weighted by molar-refractivity contribution is 5.49. The van der Waals surface area contributed by atoms with E-state index < -0.39 is 0 Å². The number of benzene rings is 1. The average Bonchev–Trinajstić information content (AvgIpc) is 2.09. The molecular weight excluding hydrogens is 242 g/mol. The maximum Gasteiger partial charge on any atom is 0.136 e. The first-order chi connectivity index (χ1) is 5.97. The smallest absolute Gasteiger partial charge is 0.136 e. The molecular formula is C11H18BrNO. The molecule has 0 aliphatic heterocycles. The number of phenols is 1. The molecule has 0 unspecified atom stereocenters. The van der Waals surface area contributed by atoms with Crippen LogP contribution in [0.15, 0.2) is 18.2 Å². The van der Waals surface area contributed by atoms with Gasteiger partial charge in [0.1, 0.15) is 11.4 Å². The lowest BCUT2D eigenvalue weighted by Crippen LogP contribution is -3.00. The van der Waals surface area contributed by atoms with Crippen molar-refractivity contribution in [2.45, 2.75) is 13.8 Å². The summed E-state index contributed by atoms with van der Waals surface area (Å²) in [6.07, 6.45) is 0. The Morgan fingerprint density at radius 1 is 1.29 bits per heavy atom. The minimum atomic E-state index is 0. The van der Waals surface area contributed by atoms with E-state index in [0.29, 0.717) is 5.75 Å². The number of hydrogen-bond acceptors (Lipinski definition) is 1. The van der Waals surface area contributed by atoms with Gasteiger partial charge < -0.3 is 22.1 Å². The molecule has 0 saturated heterocycles. The van der Waals surface area contributed by atoms with Gasteiger partial charge in [-0.15, -0.1) is 0 Å². The lowest BCUT2D eigenvalue weighted by atomic mass is 10.2. The number of hydrogen-bond donors (Lipinski definition) is 1. The summed E-state index contributed by atoms with van der Waals surface area (Å²) in [7, 11) is 4.26. The maximum atomic E-state index is 9.55. The van der Waals surface area contributed by atoms with Gasteiger partial charge in [0, 0.05) is 6.07 Å². The zero-order chi connectivity index (χ0) is 10.1. The molecule has 3 heteroatoms. The first kappa shape index (κ1) is 13.5. The summed E-state index contributed by atoms with van der Waals surface area (Å²) in [5.74, 6) is 0.386. The Hall–Kier alpha value is -0.540. The molecule has 0 bridgehead atoms. The van der Waals surface area contributed by atoms with Crippen LogP contribution in [-0.2, 0) is 0 Å². The van der Waals surface area contributed by atoms with Gasteiger partial charge in [-0.25, -0.2) is 0 Å². The first-order valence-electron chi connectivity index (χ1n) is 4.60. The fraction of sp³-hybridized carbons (Fsp3) is 0.455. The van der Waals surface area contributed by atoms with E-state index in [1.165, 1.54) is 0 Å². The number of aromatic hydroxyl groups is 1. The largest absolute Gasteiger partial charge is 1.00 e. The third-order valence-corrected chi connectivity index (χ3v) is 2.68. The molecule has 0 atom stereocenters. The monoisotopic (exact) mass is 259 g/mol. The minimum Gasteiger partial charge on any atom is -1.00 e. The topological polar surface area (TPSA) is 20.2 Å². The summed E-state index contributed by atoms with van der Waals surface area (Å²) in [5, 5.41) is 9.55. The third kappa shape index (κ3) is 2.72. The molecule has 0 spiro atoms. The van der Waals surface area contributed by atoms with Crippen LogP contribution >= 0.6 is 0 Å². The zero-order valence-corrected chi connectivity index (χ0v) is 10.8. The highest BCUT2D eigenvalue weighted by Crippen LogP contribution is 2.26. The number of nitrogens with zero attached hydrogens (tertiary/aromatic N) is 1. The third-order valence-electron chi connectivity index (χ3n) is 2.68. The zero-order valence-electron chi connectivity index (χ0n) is 9.21. The second kappa shape index (κ2) is 4.80. The summed E-state index contributed by atoms with van der Waals surface area (Å²) in [6.45, 7) is 5.06. The molecule has 0 aliphatic carbocycles. The van der Waals surface area contributed by atoms with Crippen molar-refractivity contribution < 1.29 is 22.1 Å². The van der Waals surface area contributed by atoms with Crippen LogP contribution in [0, 0.1) is 6.92 Å². The van der Waals surface area contributed by atoms with Gasteiger partial charge in [-0.1, -0.05) is 0 Å². The van der Waals surface area contributed by atoms with Crippen molar-refractivity contribution in [1.29, 1.82) is 0 Å². The molecule has 1 aromatic carbocycles. The van der Waals surface area contributed by atoms with Gasteiger partial charge in [0.05, 0.1) is 20.6 Å². The van der Waals surface area contributed by atoms with Crippen LogP contribution in [-0.4, -0.2) is 25.7 Å². The summed E-state index contributed by atoms with van der Waals surface area (Å²) in [5.41, 5.74) is 2.07. The van der Waals surface area contributed by atoms with Crippen molar-refractivity contribution in [3.05, 3.63) is 23.8 Å². The molecule has 14 heavy (non-hydrogen) atoms. The van der Waals surface area contributed by atoms with Crippen molar-refractivity contribution in [3.8, 4) is 5.75 Å². The van der Waals surface area contributed by atoms with E-state index in [0.717, 1.165) is 22.3 Å². The molecule has 0 aromatic heterocycles. The van der Waals surface area contributed by atoms with Gasteiger partial charge in [0.25, 0.3) is 0 Å². The fourth-order valence-corrected chi connectivity index (χ4v) is 1.16. The van der Waals surface area contributed by atoms with Crippen LogP contribution < -0.4 is 21.5 Å². The van der Waals surface area contributed by atoms with E-state index in [-0.39, 0.29) is 17.0 Å². The lowest BCUT2D eigenvalue weighted by molar-refractivity contribution is -0.00000395. The van der Waals surface area contributed by atoms with E-state index in [1.54, 1.807) is 0 Å². The van der Waals surface area contributed by atoms with Crippen molar-refractivity contribution in [2.75, 3.05) is 20.6 Å². The normalized spacial score (nSPS) is 10.9. The summed E-state index contributed by atoms with van der Waals surface area (Å²) < 4.78 is 0.799. The Kier molecular flexibility index (Phi) is 4.62. The minimum absolute atomic E-state index is 0. The predicted molar refractivity (Wildman–Crippen MR) is 57.0 cm³/mol. The Labute approximate surface area is 96.5 Å². The van der Waals surface area contributed by atoms with Crippen LogP contribution in [0.4, 0.5) is 5.69 Å². The van der Waals surface area contributed by atoms with Gasteiger partial charge in [-0.05, 0) is 31.5 Å². The number of phenolic OH excluding ortho intramolecular Hbond substituents is 1. The second-order valence-electron chi connectivity index (χ2n) is 3.97. The van der Waals surface area contributed by atoms with Crippen LogP contribution in [0.1, 0.15) is 12.5 Å². The van der Waals surface area contributed by atoms with Crippen LogP contribution in [0.25, 0.3) is 0 Å². The van der Waals surface area contributed by atoms with Gasteiger partial charge in [0.15, 0.2) is 0 Å². The van der Waals surface area contributed by atoms with Gasteiger partial charge in [0.2, 0.25) is 0 Å². The summed E-state index contributed by atoms with van der Waals surface area (Å²) in [6, 6.07) is 5.87. The molecule has 2 nitrogen and oxygen atoms in total. The molecule has 0 fully saturated rings. The number of rotatable bonds is 2. The van der Waals surface area contributed by atoms with Crippen LogP contribution in [0.3, 0.4) is 0 Å². The average molecular weight is 260 g/mol. The standard InChI is InChI=1S/C11H17NO.BrH/c1-5-12(3,4)10-7-6-9(2)11(13)8-10;/h6-8H,5H2,1-4H3;1H. The first-order valence-corrected chi connectivity index (χ1v) is 4.60. The van der Waals surface area contributed by atoms with Crippen molar-refractivity contribution in [3.63, 3.8) is 0 Å². The SMILES string of the molecule is CC[N+](C)(C)c1ccc(C)c(O)c1.[Br-]. The Bertz CT molecular complexity index is 310. The molecule has 0 radical (unpaired) electrons. The van der Waals surface area contributed by atoms with E-state index in [4.69, 9.17) is 0 Å². The quantitative estimate of drug-likeness (QED) is 0.697. The molecule has 0 heterocycles. The number of halogens is 1. The summed E-state index contributed by atoms with van der Waals surface area (Å²) in [4.78, 5) is 0. The maximum absolute atomic E-state index is 9.55. The molecule has 1 rings (SSSR count). The van der Waals surface area contributed by atoms with Crippen LogP contribution in [0.2, 0.25) is 0 Å². The lowest BCUT2D eigenvalue weighted by Gasteiger charge is -2.27. The second-order valence-corrected chi connectivity index (χ2v) is 3.97. The Morgan fingerprint density at radius 3 is 2.29 bits per heavy atom. The van der Waals surface area contributed by atoms with Gasteiger partial charge >= 0.3 is 0 Å². The van der Waals surface area contributed by atoms with E-state index in [2.05, 4.69) is 27.1 Å². The molecule has 1 N–H and O–H groups in total. The van der Waals surface area contributed by atoms with Gasteiger partial charge in [-0.3, -0.25) is 4.48 Å². The van der Waals surface area contributed by atoms with Crippen molar-refractivity contribution in [1.82, 2.24) is 4.48 Å². The molecule has 0 aliphatic rings.